The van der Waals surface area contributed by atoms with E-state index in [2.05, 4.69) is 10.2 Å². The highest BCUT2D eigenvalue weighted by Gasteiger charge is 2.36. The molecule has 0 bridgehead atoms. The van der Waals surface area contributed by atoms with Crippen molar-refractivity contribution < 1.29 is 14.3 Å². The van der Waals surface area contributed by atoms with Crippen LogP contribution in [0.4, 0.5) is 4.39 Å². The molecule has 1 aliphatic carbocycles. The Morgan fingerprint density at radius 2 is 1.96 bits per heavy atom. The molecule has 0 radical (unpaired) electrons. The monoisotopic (exact) mass is 334 g/mol. The summed E-state index contributed by atoms with van der Waals surface area (Å²) in [5.41, 5.74) is 1.06. The molecule has 1 aromatic carbocycles. The van der Waals surface area contributed by atoms with Crippen molar-refractivity contribution in [3.63, 3.8) is 0 Å². The molecule has 2 aliphatic rings. The molecule has 0 aromatic heterocycles. The third kappa shape index (κ3) is 3.78. The van der Waals surface area contributed by atoms with E-state index in [9.17, 15) is 14.3 Å². The lowest BCUT2D eigenvalue weighted by Crippen LogP contribution is -2.45. The van der Waals surface area contributed by atoms with Gasteiger partial charge in [0.1, 0.15) is 5.82 Å². The first-order chi connectivity index (χ1) is 11.6. The molecule has 2 fully saturated rings. The molecule has 3 rings (SSSR count). The molecule has 24 heavy (non-hydrogen) atoms. The first-order valence-corrected chi connectivity index (χ1v) is 9.01. The predicted molar refractivity (Wildman–Crippen MR) is 91.2 cm³/mol. The Labute approximate surface area is 143 Å². The van der Waals surface area contributed by atoms with Gasteiger partial charge < -0.3 is 10.4 Å². The van der Waals surface area contributed by atoms with Crippen molar-refractivity contribution in [2.24, 2.45) is 0 Å². The lowest BCUT2D eigenvalue weighted by molar-refractivity contribution is -0.122. The van der Waals surface area contributed by atoms with Crippen LogP contribution in [-0.4, -0.2) is 48.2 Å². The van der Waals surface area contributed by atoms with Gasteiger partial charge >= 0.3 is 0 Å². The third-order valence-corrected chi connectivity index (χ3v) is 5.70. The second-order valence-electron chi connectivity index (χ2n) is 7.22. The Balaban J connectivity index is 1.60. The van der Waals surface area contributed by atoms with Crippen molar-refractivity contribution in [3.8, 4) is 0 Å². The van der Waals surface area contributed by atoms with Crippen molar-refractivity contribution in [3.05, 3.63) is 35.6 Å². The van der Waals surface area contributed by atoms with E-state index in [1.54, 1.807) is 0 Å². The van der Waals surface area contributed by atoms with E-state index in [4.69, 9.17) is 0 Å². The van der Waals surface area contributed by atoms with Gasteiger partial charge in [-0.2, -0.15) is 0 Å². The standard InChI is InChI=1S/C19H27FN2O2/c20-16-7-5-15(6-8-16)19(9-1-2-10-19)14-21-18(24)12-22-11-3-4-17(22)13-23/h5-8,17,23H,1-4,9-14H2,(H,21,24)/t17-/m0/s1. The van der Waals surface area contributed by atoms with E-state index in [1.807, 2.05) is 12.1 Å². The van der Waals surface area contributed by atoms with Gasteiger partial charge in [0.15, 0.2) is 0 Å². The summed E-state index contributed by atoms with van der Waals surface area (Å²) in [4.78, 5) is 14.4. The molecule has 1 saturated heterocycles. The van der Waals surface area contributed by atoms with Crippen molar-refractivity contribution in [2.75, 3.05) is 26.2 Å². The first-order valence-electron chi connectivity index (χ1n) is 9.01. The lowest BCUT2D eigenvalue weighted by atomic mass is 9.79. The number of carbonyl (C=O) groups is 1. The van der Waals surface area contributed by atoms with Crippen LogP contribution in [-0.2, 0) is 10.2 Å². The van der Waals surface area contributed by atoms with Crippen LogP contribution in [0, 0.1) is 5.82 Å². The van der Waals surface area contributed by atoms with Gasteiger partial charge in [0.05, 0.1) is 13.2 Å². The SMILES string of the molecule is O=C(CN1CCC[C@H]1CO)NCC1(c2ccc(F)cc2)CCCC1. The molecule has 2 N–H and O–H groups in total. The van der Waals surface area contributed by atoms with Gasteiger partial charge in [-0.1, -0.05) is 25.0 Å². The first kappa shape index (κ1) is 17.4. The molecule has 1 heterocycles. The number of aliphatic hydroxyl groups is 1. The number of nitrogens with zero attached hydrogens (tertiary/aromatic N) is 1. The average molecular weight is 334 g/mol. The zero-order valence-corrected chi connectivity index (χ0v) is 14.1. The molecule has 4 nitrogen and oxygen atoms in total. The molecule has 0 unspecified atom stereocenters. The Morgan fingerprint density at radius 3 is 2.62 bits per heavy atom. The number of halogens is 1. The number of carbonyl (C=O) groups excluding carboxylic acids is 1. The summed E-state index contributed by atoms with van der Waals surface area (Å²) in [6.07, 6.45) is 6.35. The minimum absolute atomic E-state index is 0.0173. The summed E-state index contributed by atoms with van der Waals surface area (Å²) in [6.45, 7) is 1.95. The summed E-state index contributed by atoms with van der Waals surface area (Å²) in [5, 5.41) is 12.5. The molecular weight excluding hydrogens is 307 g/mol. The smallest absolute Gasteiger partial charge is 0.234 e. The normalized spacial score (nSPS) is 23.5. The summed E-state index contributed by atoms with van der Waals surface area (Å²) >= 11 is 0. The summed E-state index contributed by atoms with van der Waals surface area (Å²) in [6, 6.07) is 6.85. The van der Waals surface area contributed by atoms with Gasteiger partial charge in [0, 0.05) is 18.0 Å². The number of hydrogen-bond acceptors (Lipinski definition) is 3. The van der Waals surface area contributed by atoms with Crippen molar-refractivity contribution in [1.82, 2.24) is 10.2 Å². The van der Waals surface area contributed by atoms with Crippen LogP contribution in [0.5, 0.6) is 0 Å². The van der Waals surface area contributed by atoms with Crippen LogP contribution in [0.25, 0.3) is 0 Å². The fraction of sp³-hybridized carbons (Fsp3) is 0.632. The highest BCUT2D eigenvalue weighted by Crippen LogP contribution is 2.40. The molecule has 132 valence electrons. The van der Waals surface area contributed by atoms with E-state index >= 15 is 0 Å². The number of likely N-dealkylation sites (tertiary alicyclic amines) is 1. The van der Waals surface area contributed by atoms with Gasteiger partial charge in [-0.25, -0.2) is 4.39 Å². The van der Waals surface area contributed by atoms with Gasteiger partial charge in [-0.05, 0) is 49.9 Å². The van der Waals surface area contributed by atoms with Crippen LogP contribution in [0.2, 0.25) is 0 Å². The molecule has 5 heteroatoms. The molecule has 1 amide bonds. The minimum Gasteiger partial charge on any atom is -0.395 e. The van der Waals surface area contributed by atoms with E-state index in [1.165, 1.54) is 12.1 Å². The zero-order chi connectivity index (χ0) is 17.0. The molecule has 1 atom stereocenters. The van der Waals surface area contributed by atoms with Crippen LogP contribution >= 0.6 is 0 Å². The highest BCUT2D eigenvalue weighted by molar-refractivity contribution is 5.78. The largest absolute Gasteiger partial charge is 0.395 e. The van der Waals surface area contributed by atoms with E-state index < -0.39 is 0 Å². The molecular formula is C19H27FN2O2. The molecule has 0 spiro atoms. The van der Waals surface area contributed by atoms with E-state index in [0.29, 0.717) is 13.1 Å². The maximum Gasteiger partial charge on any atom is 0.234 e. The fourth-order valence-electron chi connectivity index (χ4n) is 4.24. The summed E-state index contributed by atoms with van der Waals surface area (Å²) < 4.78 is 13.2. The molecule has 1 aromatic rings. The fourth-order valence-corrected chi connectivity index (χ4v) is 4.24. The Hall–Kier alpha value is -1.46. The van der Waals surface area contributed by atoms with Gasteiger partial charge in [0.25, 0.3) is 0 Å². The Morgan fingerprint density at radius 1 is 1.25 bits per heavy atom. The number of nitrogens with one attached hydrogen (secondary N) is 1. The van der Waals surface area contributed by atoms with E-state index in [0.717, 1.165) is 50.6 Å². The third-order valence-electron chi connectivity index (χ3n) is 5.70. The van der Waals surface area contributed by atoms with Gasteiger partial charge in [0.2, 0.25) is 5.91 Å². The summed E-state index contributed by atoms with van der Waals surface area (Å²) in [7, 11) is 0. The Bertz CT molecular complexity index is 555. The minimum atomic E-state index is -0.222. The van der Waals surface area contributed by atoms with Crippen molar-refractivity contribution in [2.45, 2.75) is 50.0 Å². The molecule has 1 saturated carbocycles. The van der Waals surface area contributed by atoms with Crippen molar-refractivity contribution in [1.29, 1.82) is 0 Å². The van der Waals surface area contributed by atoms with E-state index in [-0.39, 0.29) is 29.8 Å². The quantitative estimate of drug-likeness (QED) is 0.839. The van der Waals surface area contributed by atoms with Gasteiger partial charge in [-0.3, -0.25) is 9.69 Å². The van der Waals surface area contributed by atoms with Crippen LogP contribution in [0.1, 0.15) is 44.1 Å². The lowest BCUT2D eigenvalue weighted by Gasteiger charge is -2.31. The maximum absolute atomic E-state index is 13.2. The number of amides is 1. The predicted octanol–water partition coefficient (Wildman–Crippen LogP) is 2.21. The second kappa shape index (κ2) is 7.62. The summed E-state index contributed by atoms with van der Waals surface area (Å²) in [5.74, 6) is -0.205. The van der Waals surface area contributed by atoms with Crippen molar-refractivity contribution >= 4 is 5.91 Å². The van der Waals surface area contributed by atoms with Crippen LogP contribution in [0.15, 0.2) is 24.3 Å². The van der Waals surface area contributed by atoms with Crippen LogP contribution in [0.3, 0.4) is 0 Å². The zero-order valence-electron chi connectivity index (χ0n) is 14.1. The topological polar surface area (TPSA) is 52.6 Å². The second-order valence-corrected chi connectivity index (χ2v) is 7.22. The highest BCUT2D eigenvalue weighted by atomic mass is 19.1. The number of rotatable bonds is 6. The van der Waals surface area contributed by atoms with Crippen LogP contribution < -0.4 is 5.32 Å². The Kier molecular flexibility index (Phi) is 5.51. The maximum atomic E-state index is 13.2. The number of benzene rings is 1. The molecule has 1 aliphatic heterocycles. The van der Waals surface area contributed by atoms with Gasteiger partial charge in [-0.15, -0.1) is 0 Å². The average Bonchev–Trinajstić information content (AvgIpc) is 3.23. The number of aliphatic hydroxyl groups excluding tert-OH is 1. The number of hydrogen-bond donors (Lipinski definition) is 2.